The number of hydrogen-bond donors (Lipinski definition) is 2. The van der Waals surface area contributed by atoms with Crippen LogP contribution < -0.4 is 10.5 Å². The lowest BCUT2D eigenvalue weighted by Crippen LogP contribution is -2.33. The molecule has 0 radical (unpaired) electrons. The van der Waals surface area contributed by atoms with Crippen LogP contribution in [-0.4, -0.2) is 43.8 Å². The Labute approximate surface area is 180 Å². The number of nitrogens with two attached hydrogens (primary N) is 1. The van der Waals surface area contributed by atoms with Crippen LogP contribution in [-0.2, 0) is 35.7 Å². The molecule has 0 spiro atoms. The van der Waals surface area contributed by atoms with Crippen molar-refractivity contribution in [3.05, 3.63) is 60.2 Å². The molecule has 1 aliphatic rings. The summed E-state index contributed by atoms with van der Waals surface area (Å²) >= 11 is 0. The predicted molar refractivity (Wildman–Crippen MR) is 112 cm³/mol. The van der Waals surface area contributed by atoms with Gasteiger partial charge in [-0.2, -0.15) is 0 Å². The number of likely N-dealkylation sites (tertiary alicyclic amines) is 1. The zero-order valence-corrected chi connectivity index (χ0v) is 17.7. The molecule has 2 atom stereocenters. The summed E-state index contributed by atoms with van der Waals surface area (Å²) in [4.78, 5) is 38.5. The van der Waals surface area contributed by atoms with Gasteiger partial charge in [0.1, 0.15) is 0 Å². The maximum absolute atomic E-state index is 12.4. The summed E-state index contributed by atoms with van der Waals surface area (Å²) in [6, 6.07) is 14.7. The van der Waals surface area contributed by atoms with Gasteiger partial charge in [-0.3, -0.25) is 14.4 Å². The monoisotopic (exact) mass is 445 g/mol. The van der Waals surface area contributed by atoms with Crippen LogP contribution in [0, 0.1) is 5.92 Å². The summed E-state index contributed by atoms with van der Waals surface area (Å²) in [7, 11) is -3.83. The van der Waals surface area contributed by atoms with Gasteiger partial charge < -0.3 is 15.0 Å². The first-order valence-electron chi connectivity index (χ1n) is 9.59. The summed E-state index contributed by atoms with van der Waals surface area (Å²) < 4.78 is 27.8. The van der Waals surface area contributed by atoms with Crippen molar-refractivity contribution in [3.63, 3.8) is 0 Å². The number of carbonyl (C=O) groups excluding carboxylic acids is 3. The Morgan fingerprint density at radius 2 is 1.81 bits per heavy atom. The average Bonchev–Trinajstić information content (AvgIpc) is 3.09. The molecule has 2 aromatic carbocycles. The number of nitrogens with zero attached hydrogens (tertiary/aromatic N) is 1. The highest BCUT2D eigenvalue weighted by atomic mass is 32.2. The van der Waals surface area contributed by atoms with Gasteiger partial charge in [-0.1, -0.05) is 30.3 Å². The molecule has 164 valence electrons. The number of ether oxygens (including phenoxy) is 1. The van der Waals surface area contributed by atoms with E-state index < -0.39 is 33.9 Å². The number of benzene rings is 2. The number of amides is 2. The molecule has 1 aliphatic heterocycles. The van der Waals surface area contributed by atoms with Gasteiger partial charge in [0, 0.05) is 25.2 Å². The van der Waals surface area contributed by atoms with Crippen molar-refractivity contribution in [2.75, 3.05) is 11.9 Å². The number of carbonyl (C=O) groups is 3. The van der Waals surface area contributed by atoms with E-state index in [1.54, 1.807) is 4.90 Å². The molecule has 0 bridgehead atoms. The van der Waals surface area contributed by atoms with Crippen molar-refractivity contribution < 1.29 is 27.5 Å². The molecule has 9 nitrogen and oxygen atoms in total. The van der Waals surface area contributed by atoms with Crippen molar-refractivity contribution in [1.82, 2.24) is 4.90 Å². The van der Waals surface area contributed by atoms with Gasteiger partial charge in [0.15, 0.2) is 6.10 Å². The van der Waals surface area contributed by atoms with E-state index in [9.17, 15) is 22.8 Å². The largest absolute Gasteiger partial charge is 0.452 e. The molecule has 3 rings (SSSR count). The second-order valence-electron chi connectivity index (χ2n) is 7.30. The molecule has 2 aromatic rings. The summed E-state index contributed by atoms with van der Waals surface area (Å²) in [5, 5.41) is 7.57. The Morgan fingerprint density at radius 1 is 1.16 bits per heavy atom. The molecule has 3 N–H and O–H groups in total. The Bertz CT molecular complexity index is 1070. The third-order valence-electron chi connectivity index (χ3n) is 4.88. The van der Waals surface area contributed by atoms with Crippen LogP contribution in [0.5, 0.6) is 0 Å². The van der Waals surface area contributed by atoms with Gasteiger partial charge in [0.25, 0.3) is 5.91 Å². The maximum Gasteiger partial charge on any atom is 0.312 e. The lowest BCUT2D eigenvalue weighted by atomic mass is 10.1. The van der Waals surface area contributed by atoms with Crippen LogP contribution in [0.3, 0.4) is 0 Å². The van der Waals surface area contributed by atoms with Crippen molar-refractivity contribution in [3.8, 4) is 0 Å². The number of nitrogens with one attached hydrogen (secondary N) is 1. The minimum Gasteiger partial charge on any atom is -0.452 e. The summed E-state index contributed by atoms with van der Waals surface area (Å²) in [5.41, 5.74) is 1.29. The Balaban J connectivity index is 1.52. The van der Waals surface area contributed by atoms with Gasteiger partial charge in [-0.25, -0.2) is 13.6 Å². The highest BCUT2D eigenvalue weighted by Gasteiger charge is 2.36. The van der Waals surface area contributed by atoms with Crippen LogP contribution in [0.15, 0.2) is 59.5 Å². The number of esters is 1. The highest BCUT2D eigenvalue weighted by Crippen LogP contribution is 2.22. The van der Waals surface area contributed by atoms with E-state index in [4.69, 9.17) is 9.88 Å². The Morgan fingerprint density at radius 3 is 2.42 bits per heavy atom. The van der Waals surface area contributed by atoms with Crippen LogP contribution in [0.25, 0.3) is 0 Å². The third-order valence-corrected chi connectivity index (χ3v) is 5.81. The zero-order valence-electron chi connectivity index (χ0n) is 16.9. The van der Waals surface area contributed by atoms with Gasteiger partial charge in [-0.15, -0.1) is 0 Å². The minimum absolute atomic E-state index is 0.0367. The van der Waals surface area contributed by atoms with Crippen molar-refractivity contribution in [1.29, 1.82) is 0 Å². The fraction of sp³-hybridized carbons (Fsp3) is 0.286. The summed E-state index contributed by atoms with van der Waals surface area (Å²) in [6.45, 7) is 2.06. The number of hydrogen-bond acceptors (Lipinski definition) is 6. The first-order chi connectivity index (χ1) is 14.6. The van der Waals surface area contributed by atoms with Crippen LogP contribution in [0.1, 0.15) is 18.9 Å². The Hall–Kier alpha value is -3.24. The van der Waals surface area contributed by atoms with E-state index in [1.165, 1.54) is 31.2 Å². The number of rotatable bonds is 7. The molecule has 0 unspecified atom stereocenters. The van der Waals surface area contributed by atoms with Gasteiger partial charge in [-0.05, 0) is 36.8 Å². The maximum atomic E-state index is 12.4. The lowest BCUT2D eigenvalue weighted by Gasteiger charge is -2.18. The van der Waals surface area contributed by atoms with Crippen molar-refractivity contribution in [2.24, 2.45) is 11.1 Å². The van der Waals surface area contributed by atoms with Gasteiger partial charge >= 0.3 is 5.97 Å². The fourth-order valence-corrected chi connectivity index (χ4v) is 3.70. The average molecular weight is 445 g/mol. The summed E-state index contributed by atoms with van der Waals surface area (Å²) in [6.07, 6.45) is -1.06. The van der Waals surface area contributed by atoms with Crippen molar-refractivity contribution in [2.45, 2.75) is 30.9 Å². The lowest BCUT2D eigenvalue weighted by molar-refractivity contribution is -0.157. The van der Waals surface area contributed by atoms with Crippen LogP contribution in [0.4, 0.5) is 5.69 Å². The van der Waals surface area contributed by atoms with E-state index in [1.807, 2.05) is 30.3 Å². The smallest absolute Gasteiger partial charge is 0.312 e. The minimum atomic E-state index is -3.83. The number of anilines is 1. The normalized spacial score (nSPS) is 17.3. The van der Waals surface area contributed by atoms with E-state index in [0.29, 0.717) is 12.2 Å². The molecule has 10 heteroatoms. The SMILES string of the molecule is C[C@H](OC(=O)[C@@H]1CC(=O)N(Cc2ccccc2)C1)C(=O)Nc1ccc(S(N)(=O)=O)cc1. The van der Waals surface area contributed by atoms with Gasteiger partial charge in [0.05, 0.1) is 10.8 Å². The van der Waals surface area contributed by atoms with Crippen LogP contribution in [0.2, 0.25) is 0 Å². The predicted octanol–water partition coefficient (Wildman–Crippen LogP) is 1.25. The van der Waals surface area contributed by atoms with E-state index in [-0.39, 0.29) is 23.8 Å². The second-order valence-corrected chi connectivity index (χ2v) is 8.86. The molecule has 2 amide bonds. The molecule has 0 aromatic heterocycles. The summed E-state index contributed by atoms with van der Waals surface area (Å²) in [5.74, 6) is -1.98. The van der Waals surface area contributed by atoms with E-state index in [2.05, 4.69) is 5.32 Å². The first kappa shape index (κ1) is 22.4. The molecule has 1 fully saturated rings. The third kappa shape index (κ3) is 5.89. The topological polar surface area (TPSA) is 136 Å². The number of primary sulfonamides is 1. The zero-order chi connectivity index (χ0) is 22.6. The number of sulfonamides is 1. The second kappa shape index (κ2) is 9.27. The molecule has 31 heavy (non-hydrogen) atoms. The van der Waals surface area contributed by atoms with E-state index >= 15 is 0 Å². The molecule has 0 aliphatic carbocycles. The van der Waals surface area contributed by atoms with Gasteiger partial charge in [0.2, 0.25) is 15.9 Å². The van der Waals surface area contributed by atoms with Crippen molar-refractivity contribution >= 4 is 33.5 Å². The molecular weight excluding hydrogens is 422 g/mol. The fourth-order valence-electron chi connectivity index (χ4n) is 3.18. The molecule has 0 saturated carbocycles. The quantitative estimate of drug-likeness (QED) is 0.616. The highest BCUT2D eigenvalue weighted by molar-refractivity contribution is 7.89. The molecular formula is C21H23N3O6S. The standard InChI is InChI=1S/C21H23N3O6S/c1-14(20(26)23-17-7-9-18(10-8-17)31(22,28)29)30-21(27)16-11-19(25)24(13-16)12-15-5-3-2-4-6-15/h2-10,14,16H,11-13H2,1H3,(H,23,26)(H2,22,28,29)/t14-,16+/m0/s1. The van der Waals surface area contributed by atoms with E-state index in [0.717, 1.165) is 5.56 Å². The molecule has 1 heterocycles. The van der Waals surface area contributed by atoms with Crippen LogP contribution >= 0.6 is 0 Å². The molecule has 1 saturated heterocycles. The Kier molecular flexibility index (Phi) is 6.71. The first-order valence-corrected chi connectivity index (χ1v) is 11.1.